The minimum Gasteiger partial charge on any atom is -0.467 e. The van der Waals surface area contributed by atoms with Crippen LogP contribution in [-0.4, -0.2) is 34.0 Å². The highest BCUT2D eigenvalue weighted by atomic mass is 35.5. The van der Waals surface area contributed by atoms with Crippen LogP contribution in [0.2, 0.25) is 5.02 Å². The number of benzene rings is 1. The maximum Gasteiger partial charge on any atom is 0.330 e. The molecule has 1 aromatic heterocycles. The van der Waals surface area contributed by atoms with Gasteiger partial charge >= 0.3 is 17.7 Å². The van der Waals surface area contributed by atoms with E-state index in [0.717, 1.165) is 0 Å². The molecule has 21 heavy (non-hydrogen) atoms. The van der Waals surface area contributed by atoms with Crippen LogP contribution >= 0.6 is 11.6 Å². The first kappa shape index (κ1) is 14.7. The van der Waals surface area contributed by atoms with Gasteiger partial charge in [-0.05, 0) is 6.07 Å². The summed E-state index contributed by atoms with van der Waals surface area (Å²) < 4.78 is 10.2. The highest BCUT2D eigenvalue weighted by Gasteiger charge is 2.21. The molecule has 0 spiro atoms. The van der Waals surface area contributed by atoms with E-state index >= 15 is 0 Å². The van der Waals surface area contributed by atoms with Crippen LogP contribution in [0.25, 0.3) is 0 Å². The van der Waals surface area contributed by atoms with Crippen LogP contribution in [0.15, 0.2) is 18.2 Å². The average Bonchev–Trinajstić information content (AvgIpc) is 2.48. The second kappa shape index (κ2) is 6.18. The quantitative estimate of drug-likeness (QED) is 0.661. The van der Waals surface area contributed by atoms with E-state index in [1.54, 1.807) is 7.05 Å². The number of nitrogens with zero attached hydrogens (tertiary/aromatic N) is 4. The van der Waals surface area contributed by atoms with Crippen molar-refractivity contribution >= 4 is 23.2 Å². The minimum absolute atomic E-state index is 0.000873. The Morgan fingerprint density at radius 1 is 1.29 bits per heavy atom. The number of rotatable bonds is 5. The van der Waals surface area contributed by atoms with Crippen molar-refractivity contribution in [3.8, 4) is 17.8 Å². The number of anilines is 1. The zero-order chi connectivity index (χ0) is 15.4. The zero-order valence-electron chi connectivity index (χ0n) is 11.0. The maximum absolute atomic E-state index is 11.0. The Morgan fingerprint density at radius 3 is 2.62 bits per heavy atom. The van der Waals surface area contributed by atoms with Gasteiger partial charge in [-0.15, -0.1) is 4.98 Å². The molecule has 0 aliphatic heterocycles. The highest BCUT2D eigenvalue weighted by Crippen LogP contribution is 2.37. The number of methoxy groups -OCH3 is 1. The molecule has 2 aromatic rings. The molecule has 0 radical (unpaired) electrons. The van der Waals surface area contributed by atoms with Crippen LogP contribution in [0.4, 0.5) is 11.6 Å². The van der Waals surface area contributed by atoms with Crippen molar-refractivity contribution in [2.45, 2.75) is 0 Å². The molecule has 1 N–H and O–H groups in total. The number of hydrogen-bond donors (Lipinski definition) is 1. The Hall–Kier alpha value is -2.68. The normalized spacial score (nSPS) is 10.0. The molecule has 10 heteroatoms. The van der Waals surface area contributed by atoms with E-state index in [-0.39, 0.29) is 34.4 Å². The van der Waals surface area contributed by atoms with Crippen LogP contribution in [0.5, 0.6) is 17.8 Å². The molecular weight excluding hydrogens is 302 g/mol. The monoisotopic (exact) mass is 311 g/mol. The Kier molecular flexibility index (Phi) is 4.33. The predicted octanol–water partition coefficient (Wildman–Crippen LogP) is 2.28. The number of nitro groups is 1. The van der Waals surface area contributed by atoms with Gasteiger partial charge in [-0.3, -0.25) is 10.1 Å². The second-order valence-corrected chi connectivity index (χ2v) is 4.03. The average molecular weight is 312 g/mol. The van der Waals surface area contributed by atoms with Crippen molar-refractivity contribution in [1.29, 1.82) is 0 Å². The number of ether oxygens (including phenoxy) is 2. The van der Waals surface area contributed by atoms with E-state index in [0.29, 0.717) is 0 Å². The van der Waals surface area contributed by atoms with E-state index in [1.807, 2.05) is 0 Å². The molecule has 110 valence electrons. The number of aromatic nitrogens is 3. The van der Waals surface area contributed by atoms with Gasteiger partial charge in [0.25, 0.3) is 0 Å². The van der Waals surface area contributed by atoms with Gasteiger partial charge in [0, 0.05) is 13.1 Å². The third-order valence-electron chi connectivity index (χ3n) is 2.34. The number of para-hydroxylation sites is 1. The first-order chi connectivity index (χ1) is 10.0. The standard InChI is InChI=1S/C11H10ClN5O4/c1-13-9-14-10(20-2)16-11(15-9)21-8-6(12)4-3-5-7(8)17(18)19/h3-5H,1-2H3,(H,13,14,15,16). The summed E-state index contributed by atoms with van der Waals surface area (Å²) >= 11 is 5.92. The van der Waals surface area contributed by atoms with Crippen molar-refractivity contribution in [3.05, 3.63) is 33.3 Å². The lowest BCUT2D eigenvalue weighted by Gasteiger charge is -2.08. The van der Waals surface area contributed by atoms with E-state index in [4.69, 9.17) is 21.1 Å². The Bertz CT molecular complexity index is 659. The maximum atomic E-state index is 11.0. The molecule has 1 heterocycles. The second-order valence-electron chi connectivity index (χ2n) is 3.63. The van der Waals surface area contributed by atoms with Gasteiger partial charge in [-0.25, -0.2) is 0 Å². The van der Waals surface area contributed by atoms with Gasteiger partial charge in [0.1, 0.15) is 0 Å². The van der Waals surface area contributed by atoms with Gasteiger partial charge < -0.3 is 14.8 Å². The number of halogens is 1. The van der Waals surface area contributed by atoms with Gasteiger partial charge in [0.2, 0.25) is 11.7 Å². The minimum atomic E-state index is -0.612. The lowest BCUT2D eigenvalue weighted by Crippen LogP contribution is -2.04. The van der Waals surface area contributed by atoms with Crippen LogP contribution in [0.3, 0.4) is 0 Å². The SMILES string of the molecule is CNc1nc(OC)nc(Oc2c(Cl)cccc2[N+](=O)[O-])n1. The third kappa shape index (κ3) is 3.26. The van der Waals surface area contributed by atoms with E-state index < -0.39 is 4.92 Å². The molecule has 0 fully saturated rings. The summed E-state index contributed by atoms with van der Waals surface area (Å²) in [5.74, 6) is 0.0334. The molecule has 0 saturated heterocycles. The van der Waals surface area contributed by atoms with E-state index in [9.17, 15) is 10.1 Å². The van der Waals surface area contributed by atoms with E-state index in [2.05, 4.69) is 20.3 Å². The summed E-state index contributed by atoms with van der Waals surface area (Å²) in [4.78, 5) is 22.0. The van der Waals surface area contributed by atoms with Crippen molar-refractivity contribution in [2.75, 3.05) is 19.5 Å². The lowest BCUT2D eigenvalue weighted by molar-refractivity contribution is -0.385. The topological polar surface area (TPSA) is 112 Å². The first-order valence-electron chi connectivity index (χ1n) is 5.63. The van der Waals surface area contributed by atoms with Crippen molar-refractivity contribution < 1.29 is 14.4 Å². The summed E-state index contributed by atoms with van der Waals surface area (Å²) in [6.07, 6.45) is 0. The molecular formula is C11H10ClN5O4. The molecule has 2 rings (SSSR count). The van der Waals surface area contributed by atoms with Crippen LogP contribution in [0, 0.1) is 10.1 Å². The number of nitro benzene ring substituents is 1. The summed E-state index contributed by atoms with van der Waals surface area (Å²) in [7, 11) is 2.97. The zero-order valence-corrected chi connectivity index (χ0v) is 11.8. The fourth-order valence-electron chi connectivity index (χ4n) is 1.42. The molecule has 0 atom stereocenters. The van der Waals surface area contributed by atoms with Gasteiger partial charge in [0.15, 0.2) is 0 Å². The molecule has 0 aliphatic carbocycles. The van der Waals surface area contributed by atoms with Crippen molar-refractivity contribution in [3.63, 3.8) is 0 Å². The number of hydrogen-bond acceptors (Lipinski definition) is 8. The lowest BCUT2D eigenvalue weighted by atomic mass is 10.3. The first-order valence-corrected chi connectivity index (χ1v) is 6.01. The Balaban J connectivity index is 2.45. The molecule has 9 nitrogen and oxygen atoms in total. The fourth-order valence-corrected chi connectivity index (χ4v) is 1.63. The Labute approximate surface area is 124 Å². The van der Waals surface area contributed by atoms with Crippen LogP contribution in [-0.2, 0) is 0 Å². The van der Waals surface area contributed by atoms with Crippen molar-refractivity contribution in [1.82, 2.24) is 15.0 Å². The van der Waals surface area contributed by atoms with Crippen LogP contribution < -0.4 is 14.8 Å². The molecule has 1 aromatic carbocycles. The highest BCUT2D eigenvalue weighted by molar-refractivity contribution is 6.32. The van der Waals surface area contributed by atoms with Gasteiger partial charge in [-0.2, -0.15) is 9.97 Å². The summed E-state index contributed by atoms with van der Waals surface area (Å²) in [6.45, 7) is 0. The largest absolute Gasteiger partial charge is 0.467 e. The molecule has 0 bridgehead atoms. The summed E-state index contributed by atoms with van der Waals surface area (Å²) in [5.41, 5.74) is -0.298. The third-order valence-corrected chi connectivity index (χ3v) is 2.63. The Morgan fingerprint density at radius 2 is 2.00 bits per heavy atom. The summed E-state index contributed by atoms with van der Waals surface area (Å²) in [5, 5.41) is 13.7. The molecule has 0 unspecified atom stereocenters. The molecule has 0 saturated carbocycles. The summed E-state index contributed by atoms with van der Waals surface area (Å²) in [6, 6.07) is 3.99. The molecule has 0 aliphatic rings. The van der Waals surface area contributed by atoms with Gasteiger partial charge in [-0.1, -0.05) is 17.7 Å². The van der Waals surface area contributed by atoms with Crippen molar-refractivity contribution in [2.24, 2.45) is 0 Å². The van der Waals surface area contributed by atoms with Gasteiger partial charge in [0.05, 0.1) is 17.1 Å². The number of nitrogens with one attached hydrogen (secondary N) is 1. The smallest absolute Gasteiger partial charge is 0.330 e. The predicted molar refractivity (Wildman–Crippen MR) is 74.1 cm³/mol. The van der Waals surface area contributed by atoms with Crippen LogP contribution in [0.1, 0.15) is 0 Å². The molecule has 0 amide bonds. The fraction of sp³-hybridized carbons (Fsp3) is 0.182. The van der Waals surface area contributed by atoms with E-state index in [1.165, 1.54) is 25.3 Å².